The molecule has 1 aliphatic rings. The molecule has 0 spiro atoms. The van der Waals surface area contributed by atoms with Gasteiger partial charge in [0.05, 0.1) is 11.7 Å². The van der Waals surface area contributed by atoms with E-state index in [1.807, 2.05) is 6.92 Å². The van der Waals surface area contributed by atoms with E-state index in [1.165, 1.54) is 12.1 Å². The highest BCUT2D eigenvalue weighted by molar-refractivity contribution is 5.67. The predicted molar refractivity (Wildman–Crippen MR) is 149 cm³/mol. The van der Waals surface area contributed by atoms with Crippen LogP contribution >= 0.6 is 0 Å². The molecule has 0 aromatic heterocycles. The Hall–Kier alpha value is -3.92. The van der Waals surface area contributed by atoms with Gasteiger partial charge in [-0.15, -0.1) is 0 Å². The number of hydrogen-bond donors (Lipinski definition) is 0. The molecule has 0 radical (unpaired) electrons. The van der Waals surface area contributed by atoms with Crippen LogP contribution in [0.2, 0.25) is 0 Å². The van der Waals surface area contributed by atoms with E-state index in [0.29, 0.717) is 30.9 Å². The van der Waals surface area contributed by atoms with Crippen LogP contribution in [0.15, 0.2) is 66.7 Å². The summed E-state index contributed by atoms with van der Waals surface area (Å²) in [5.41, 5.74) is -2.31. The standard InChI is InChI=1S/C34H28F8O2/c1-2-13-43-24-10-5-19(6-11-24)21-7-12-26(27(36)14-21)22-15-30(39)33(31(40)16-22)34(41,42)44-25-17-28(37)32(29(38)18-25)20-3-8-23(35)9-4-20/h3-4,7-9,12,14-19,24H,2,5-6,10-11,13H2,1H3. The lowest BCUT2D eigenvalue weighted by Crippen LogP contribution is -2.25. The van der Waals surface area contributed by atoms with Gasteiger partial charge in [0.1, 0.15) is 46.2 Å². The van der Waals surface area contributed by atoms with E-state index in [2.05, 4.69) is 4.74 Å². The molecule has 1 fully saturated rings. The quantitative estimate of drug-likeness (QED) is 0.173. The Morgan fingerprint density at radius 1 is 0.682 bits per heavy atom. The van der Waals surface area contributed by atoms with Crippen molar-refractivity contribution in [3.8, 4) is 28.0 Å². The minimum Gasteiger partial charge on any atom is -0.429 e. The van der Waals surface area contributed by atoms with E-state index >= 15 is 4.39 Å². The second kappa shape index (κ2) is 13.0. The van der Waals surface area contributed by atoms with Crippen molar-refractivity contribution in [2.45, 2.75) is 57.2 Å². The van der Waals surface area contributed by atoms with Gasteiger partial charge in [0, 0.05) is 24.3 Å². The Labute approximate surface area is 249 Å². The van der Waals surface area contributed by atoms with E-state index in [0.717, 1.165) is 61.9 Å². The smallest absolute Gasteiger partial charge is 0.429 e. The van der Waals surface area contributed by atoms with Crippen molar-refractivity contribution >= 4 is 0 Å². The minimum absolute atomic E-state index is 0.0722. The van der Waals surface area contributed by atoms with Crippen molar-refractivity contribution < 1.29 is 44.6 Å². The van der Waals surface area contributed by atoms with E-state index in [1.54, 1.807) is 6.07 Å². The first kappa shape index (κ1) is 31.5. The van der Waals surface area contributed by atoms with Crippen molar-refractivity contribution in [1.82, 2.24) is 0 Å². The molecule has 5 rings (SSSR count). The average Bonchev–Trinajstić information content (AvgIpc) is 2.96. The van der Waals surface area contributed by atoms with Crippen molar-refractivity contribution in [2.24, 2.45) is 0 Å². The summed E-state index contributed by atoms with van der Waals surface area (Å²) in [6.07, 6.45) is -0.356. The number of halogens is 8. The molecular formula is C34H28F8O2. The highest BCUT2D eigenvalue weighted by Gasteiger charge is 2.41. The summed E-state index contributed by atoms with van der Waals surface area (Å²) in [5.74, 6) is -8.53. The third-order valence-corrected chi connectivity index (χ3v) is 7.74. The fourth-order valence-corrected chi connectivity index (χ4v) is 5.57. The highest BCUT2D eigenvalue weighted by atomic mass is 19.3. The molecule has 0 aliphatic heterocycles. The first-order valence-electron chi connectivity index (χ1n) is 14.2. The normalized spacial score (nSPS) is 17.1. The van der Waals surface area contributed by atoms with Crippen LogP contribution in [0.3, 0.4) is 0 Å². The maximum absolute atomic E-state index is 15.1. The number of hydrogen-bond acceptors (Lipinski definition) is 2. The molecule has 0 saturated heterocycles. The van der Waals surface area contributed by atoms with E-state index in [-0.39, 0.29) is 28.7 Å². The van der Waals surface area contributed by atoms with Gasteiger partial charge in [-0.05, 0) is 85.0 Å². The van der Waals surface area contributed by atoms with Gasteiger partial charge in [-0.1, -0.05) is 31.2 Å². The molecule has 1 aliphatic carbocycles. The molecule has 10 heteroatoms. The first-order valence-corrected chi connectivity index (χ1v) is 14.2. The van der Waals surface area contributed by atoms with Gasteiger partial charge in [0.15, 0.2) is 0 Å². The Bertz CT molecular complexity index is 1580. The molecule has 0 unspecified atom stereocenters. The lowest BCUT2D eigenvalue weighted by atomic mass is 9.82. The van der Waals surface area contributed by atoms with Crippen LogP contribution in [0, 0.1) is 34.9 Å². The Kier molecular flexibility index (Phi) is 9.29. The molecular weight excluding hydrogens is 592 g/mol. The highest BCUT2D eigenvalue weighted by Crippen LogP contribution is 2.40. The van der Waals surface area contributed by atoms with E-state index in [9.17, 15) is 30.7 Å². The lowest BCUT2D eigenvalue weighted by Gasteiger charge is -2.29. The number of benzene rings is 4. The Morgan fingerprint density at radius 2 is 1.30 bits per heavy atom. The SMILES string of the molecule is CCCOC1CCC(c2ccc(-c3cc(F)c(C(F)(F)Oc4cc(F)c(-c5ccc(F)cc5)c(F)c4)c(F)c3)c(F)c2)CC1. The third kappa shape index (κ3) is 6.75. The van der Waals surface area contributed by atoms with Gasteiger partial charge in [-0.2, -0.15) is 8.78 Å². The zero-order valence-electron chi connectivity index (χ0n) is 23.6. The summed E-state index contributed by atoms with van der Waals surface area (Å²) in [6, 6.07) is 10.3. The molecule has 0 amide bonds. The average molecular weight is 621 g/mol. The van der Waals surface area contributed by atoms with Crippen molar-refractivity contribution in [3.05, 3.63) is 113 Å². The van der Waals surface area contributed by atoms with Crippen molar-refractivity contribution in [3.63, 3.8) is 0 Å². The van der Waals surface area contributed by atoms with Crippen LogP contribution < -0.4 is 4.74 Å². The number of ether oxygens (including phenoxy) is 2. The number of alkyl halides is 2. The van der Waals surface area contributed by atoms with Crippen LogP contribution in [-0.4, -0.2) is 12.7 Å². The van der Waals surface area contributed by atoms with E-state index < -0.39 is 57.9 Å². The topological polar surface area (TPSA) is 18.5 Å². The molecule has 0 heterocycles. The summed E-state index contributed by atoms with van der Waals surface area (Å²) >= 11 is 0. The van der Waals surface area contributed by atoms with Gasteiger partial charge in [-0.3, -0.25) is 0 Å². The fourth-order valence-electron chi connectivity index (χ4n) is 5.57. The molecule has 1 saturated carbocycles. The van der Waals surface area contributed by atoms with Crippen molar-refractivity contribution in [1.29, 1.82) is 0 Å². The largest absolute Gasteiger partial charge is 0.432 e. The van der Waals surface area contributed by atoms with Crippen LogP contribution in [0.25, 0.3) is 22.3 Å². The molecule has 4 aromatic carbocycles. The monoisotopic (exact) mass is 620 g/mol. The van der Waals surface area contributed by atoms with Gasteiger partial charge < -0.3 is 9.47 Å². The maximum atomic E-state index is 15.1. The van der Waals surface area contributed by atoms with Crippen molar-refractivity contribution in [2.75, 3.05) is 6.61 Å². The molecule has 0 atom stereocenters. The molecule has 0 N–H and O–H groups in total. The summed E-state index contributed by atoms with van der Waals surface area (Å²) in [4.78, 5) is 0. The lowest BCUT2D eigenvalue weighted by molar-refractivity contribution is -0.189. The summed E-state index contributed by atoms with van der Waals surface area (Å²) in [7, 11) is 0. The second-order valence-electron chi connectivity index (χ2n) is 10.8. The van der Waals surface area contributed by atoms with Crippen LogP contribution in [0.4, 0.5) is 35.1 Å². The Balaban J connectivity index is 1.35. The molecule has 0 bridgehead atoms. The third-order valence-electron chi connectivity index (χ3n) is 7.74. The maximum Gasteiger partial charge on any atom is 0.432 e. The predicted octanol–water partition coefficient (Wildman–Crippen LogP) is 10.4. The zero-order valence-corrected chi connectivity index (χ0v) is 23.6. The minimum atomic E-state index is -4.70. The fraction of sp³-hybridized carbons (Fsp3) is 0.294. The number of rotatable bonds is 9. The summed E-state index contributed by atoms with van der Waals surface area (Å²) in [5, 5.41) is 0. The first-order chi connectivity index (χ1) is 21.0. The van der Waals surface area contributed by atoms with Crippen LogP contribution in [0.1, 0.15) is 56.1 Å². The zero-order chi connectivity index (χ0) is 31.6. The molecule has 2 nitrogen and oxygen atoms in total. The van der Waals surface area contributed by atoms with Gasteiger partial charge >= 0.3 is 6.11 Å². The van der Waals surface area contributed by atoms with Gasteiger partial charge in [0.25, 0.3) is 0 Å². The van der Waals surface area contributed by atoms with Crippen LogP contribution in [0.5, 0.6) is 5.75 Å². The van der Waals surface area contributed by atoms with Crippen LogP contribution in [-0.2, 0) is 10.8 Å². The molecule has 44 heavy (non-hydrogen) atoms. The Morgan fingerprint density at radius 3 is 1.86 bits per heavy atom. The molecule has 232 valence electrons. The van der Waals surface area contributed by atoms with E-state index in [4.69, 9.17) is 4.74 Å². The summed E-state index contributed by atoms with van der Waals surface area (Å²) < 4.78 is 128. The van der Waals surface area contributed by atoms with Gasteiger partial charge in [0.2, 0.25) is 0 Å². The van der Waals surface area contributed by atoms with Gasteiger partial charge in [-0.25, -0.2) is 26.3 Å². The molecule has 4 aromatic rings. The summed E-state index contributed by atoms with van der Waals surface area (Å²) in [6.45, 7) is 2.72. The second-order valence-corrected chi connectivity index (χ2v) is 10.8.